The molecule has 0 rings (SSSR count). The van der Waals surface area contributed by atoms with Gasteiger partial charge in [0.15, 0.2) is 0 Å². The topological polar surface area (TPSA) is 0 Å². The summed E-state index contributed by atoms with van der Waals surface area (Å²) >= 11 is 0. The Morgan fingerprint density at radius 3 is 1.50 bits per heavy atom. The molecule has 0 bridgehead atoms. The summed E-state index contributed by atoms with van der Waals surface area (Å²) in [5.74, 6) is 3.57. The maximum absolute atomic E-state index is 3.47. The van der Waals surface area contributed by atoms with Gasteiger partial charge in [-0.25, -0.2) is 0 Å². The standard InChI is InChI=1S/C4H6P.ClH/c1-3-5-4-2;/h3-4H,1-2H2;1H. The molecule has 0 aliphatic carbocycles. The third-order valence-corrected chi connectivity index (χ3v) is 0.632. The first-order valence-electron chi connectivity index (χ1n) is 1.33. The van der Waals surface area contributed by atoms with Crippen LogP contribution in [-0.2, 0) is 0 Å². The molecular formula is C4H7ClP. The van der Waals surface area contributed by atoms with E-state index in [1.807, 2.05) is 0 Å². The van der Waals surface area contributed by atoms with E-state index in [-0.39, 0.29) is 12.4 Å². The number of hydrogen-bond acceptors (Lipinski definition) is 0. The molecule has 0 aliphatic rings. The largest absolute Gasteiger partial charge is 0.147 e. The van der Waals surface area contributed by atoms with Gasteiger partial charge in [0.1, 0.15) is 0 Å². The molecular weight excluding hydrogens is 114 g/mol. The zero-order valence-corrected chi connectivity index (χ0v) is 5.14. The summed E-state index contributed by atoms with van der Waals surface area (Å²) in [6.07, 6.45) is 0. The van der Waals surface area contributed by atoms with E-state index in [1.54, 1.807) is 11.6 Å². The highest BCUT2D eigenvalue weighted by Crippen LogP contribution is 2.07. The van der Waals surface area contributed by atoms with Crippen LogP contribution in [0.25, 0.3) is 0 Å². The van der Waals surface area contributed by atoms with E-state index in [4.69, 9.17) is 0 Å². The third-order valence-electron chi connectivity index (χ3n) is 0.211. The average molecular weight is 122 g/mol. The molecule has 2 heteroatoms. The lowest BCUT2D eigenvalue weighted by atomic mass is 11.3. The lowest BCUT2D eigenvalue weighted by Crippen LogP contribution is -1.19. The van der Waals surface area contributed by atoms with Crippen molar-refractivity contribution in [3.05, 3.63) is 24.8 Å². The molecule has 0 fully saturated rings. The van der Waals surface area contributed by atoms with E-state index in [0.717, 1.165) is 8.58 Å². The fraction of sp³-hybridized carbons (Fsp3) is 0. The maximum atomic E-state index is 3.47. The Morgan fingerprint density at radius 1 is 1.17 bits per heavy atom. The van der Waals surface area contributed by atoms with Crippen LogP contribution in [0.2, 0.25) is 0 Å². The lowest BCUT2D eigenvalue weighted by Gasteiger charge is -1.63. The van der Waals surface area contributed by atoms with E-state index in [1.165, 1.54) is 0 Å². The minimum Gasteiger partial charge on any atom is -0.147 e. The zero-order valence-electron chi connectivity index (χ0n) is 3.42. The molecule has 0 aliphatic heterocycles. The molecule has 0 saturated heterocycles. The number of halogens is 1. The second-order valence-corrected chi connectivity index (χ2v) is 1.54. The van der Waals surface area contributed by atoms with Crippen molar-refractivity contribution >= 4 is 21.0 Å². The molecule has 35 valence electrons. The lowest BCUT2D eigenvalue weighted by molar-refractivity contribution is 2.54. The summed E-state index contributed by atoms with van der Waals surface area (Å²) in [5.41, 5.74) is 0. The monoisotopic (exact) mass is 121 g/mol. The fourth-order valence-electron chi connectivity index (χ4n) is 0.0745. The normalized spacial score (nSPS) is 5.33. The van der Waals surface area contributed by atoms with Crippen molar-refractivity contribution in [3.63, 3.8) is 0 Å². The van der Waals surface area contributed by atoms with Gasteiger partial charge in [-0.3, -0.25) is 0 Å². The van der Waals surface area contributed by atoms with Crippen molar-refractivity contribution in [3.8, 4) is 0 Å². The SMILES string of the molecule is C=C[P]C=C.Cl. The summed E-state index contributed by atoms with van der Waals surface area (Å²) in [6, 6.07) is 0. The Morgan fingerprint density at radius 2 is 1.50 bits per heavy atom. The van der Waals surface area contributed by atoms with Gasteiger partial charge in [-0.15, -0.1) is 12.4 Å². The minimum absolute atomic E-state index is 0. The summed E-state index contributed by atoms with van der Waals surface area (Å²) < 4.78 is 0. The highest BCUT2D eigenvalue weighted by molar-refractivity contribution is 7.45. The minimum atomic E-state index is 0. The van der Waals surface area contributed by atoms with Crippen molar-refractivity contribution in [1.29, 1.82) is 0 Å². The maximum Gasteiger partial charge on any atom is -0.0273 e. The van der Waals surface area contributed by atoms with Gasteiger partial charge in [0.25, 0.3) is 0 Å². The van der Waals surface area contributed by atoms with Gasteiger partial charge in [-0.2, -0.15) is 0 Å². The van der Waals surface area contributed by atoms with Crippen LogP contribution in [0.3, 0.4) is 0 Å². The molecule has 0 spiro atoms. The molecule has 0 aromatic rings. The van der Waals surface area contributed by atoms with Gasteiger partial charge in [0, 0.05) is 0 Å². The predicted octanol–water partition coefficient (Wildman–Crippen LogP) is 2.64. The van der Waals surface area contributed by atoms with Crippen molar-refractivity contribution < 1.29 is 0 Å². The molecule has 0 heterocycles. The molecule has 0 saturated carbocycles. The second kappa shape index (κ2) is 8.96. The van der Waals surface area contributed by atoms with Crippen molar-refractivity contribution in [2.45, 2.75) is 0 Å². The van der Waals surface area contributed by atoms with Crippen LogP contribution in [0.1, 0.15) is 0 Å². The van der Waals surface area contributed by atoms with Gasteiger partial charge in [-0.1, -0.05) is 24.8 Å². The molecule has 0 aromatic heterocycles. The van der Waals surface area contributed by atoms with Crippen molar-refractivity contribution in [2.24, 2.45) is 0 Å². The van der Waals surface area contributed by atoms with Gasteiger partial charge in [0.05, 0.1) is 0 Å². The number of hydrogen-bond donors (Lipinski definition) is 0. The molecule has 0 unspecified atom stereocenters. The Kier molecular flexibility index (Phi) is 14.2. The zero-order chi connectivity index (χ0) is 4.12. The first kappa shape index (κ1) is 9.50. The van der Waals surface area contributed by atoms with Gasteiger partial charge in [0.2, 0.25) is 0 Å². The van der Waals surface area contributed by atoms with Crippen LogP contribution in [0.4, 0.5) is 0 Å². The molecule has 0 N–H and O–H groups in total. The average Bonchev–Trinajstić information content (AvgIpc) is 1.41. The van der Waals surface area contributed by atoms with E-state index in [9.17, 15) is 0 Å². The summed E-state index contributed by atoms with van der Waals surface area (Å²) in [6.45, 7) is 6.93. The molecule has 0 atom stereocenters. The molecule has 6 heavy (non-hydrogen) atoms. The van der Waals surface area contributed by atoms with Gasteiger partial charge in [-0.05, 0) is 8.58 Å². The Bertz CT molecular complexity index is 36.8. The van der Waals surface area contributed by atoms with E-state index < -0.39 is 0 Å². The van der Waals surface area contributed by atoms with E-state index >= 15 is 0 Å². The number of rotatable bonds is 2. The molecule has 0 amide bonds. The Balaban J connectivity index is 0. The first-order valence-corrected chi connectivity index (χ1v) is 2.37. The summed E-state index contributed by atoms with van der Waals surface area (Å²) in [4.78, 5) is 0. The predicted molar refractivity (Wildman–Crippen MR) is 34.6 cm³/mol. The Labute approximate surface area is 46.5 Å². The summed E-state index contributed by atoms with van der Waals surface area (Å²) in [5, 5.41) is 0. The van der Waals surface area contributed by atoms with E-state index in [0.29, 0.717) is 0 Å². The van der Waals surface area contributed by atoms with Crippen molar-refractivity contribution in [1.82, 2.24) is 0 Å². The summed E-state index contributed by atoms with van der Waals surface area (Å²) in [7, 11) is 1.11. The van der Waals surface area contributed by atoms with Crippen molar-refractivity contribution in [2.75, 3.05) is 0 Å². The van der Waals surface area contributed by atoms with Crippen LogP contribution >= 0.6 is 21.0 Å². The quantitative estimate of drug-likeness (QED) is 0.493. The fourth-order valence-corrected chi connectivity index (χ4v) is 0.224. The van der Waals surface area contributed by atoms with E-state index in [2.05, 4.69) is 13.2 Å². The first-order chi connectivity index (χ1) is 2.41. The van der Waals surface area contributed by atoms with Gasteiger partial charge < -0.3 is 0 Å². The van der Waals surface area contributed by atoms with Crippen LogP contribution in [0, 0.1) is 0 Å². The second-order valence-electron chi connectivity index (χ2n) is 0.514. The molecule has 1 radical (unpaired) electrons. The smallest absolute Gasteiger partial charge is 0.0273 e. The van der Waals surface area contributed by atoms with Crippen LogP contribution < -0.4 is 0 Å². The van der Waals surface area contributed by atoms with Gasteiger partial charge >= 0.3 is 0 Å². The highest BCUT2D eigenvalue weighted by atomic mass is 35.5. The van der Waals surface area contributed by atoms with Crippen LogP contribution in [0.5, 0.6) is 0 Å². The molecule has 0 nitrogen and oxygen atoms in total. The highest BCUT2D eigenvalue weighted by Gasteiger charge is 1.53. The Hall–Kier alpha value is 0.200. The van der Waals surface area contributed by atoms with Crippen LogP contribution in [0.15, 0.2) is 24.8 Å². The van der Waals surface area contributed by atoms with Crippen LogP contribution in [-0.4, -0.2) is 0 Å². The third kappa shape index (κ3) is 8.89. The molecule has 0 aromatic carbocycles.